The van der Waals surface area contributed by atoms with E-state index in [1.54, 1.807) is 0 Å². The van der Waals surface area contributed by atoms with Crippen LogP contribution in [-0.4, -0.2) is 18.5 Å². The molecule has 0 bridgehead atoms. The van der Waals surface area contributed by atoms with E-state index in [4.69, 9.17) is 11.6 Å². The van der Waals surface area contributed by atoms with Crippen LogP contribution in [0, 0.1) is 5.82 Å². The van der Waals surface area contributed by atoms with Crippen LogP contribution >= 0.6 is 11.6 Å². The van der Waals surface area contributed by atoms with Crippen LogP contribution in [-0.2, 0) is 11.2 Å². The second kappa shape index (κ2) is 6.59. The first kappa shape index (κ1) is 15.8. The van der Waals surface area contributed by atoms with Crippen LogP contribution < -0.4 is 10.2 Å². The lowest BCUT2D eigenvalue weighted by Crippen LogP contribution is -2.42. The number of para-hydroxylation sites is 1. The second-order valence-corrected chi connectivity index (χ2v) is 6.25. The van der Waals surface area contributed by atoms with Crippen LogP contribution in [0.15, 0.2) is 42.5 Å². The Morgan fingerprint density at radius 1 is 1.35 bits per heavy atom. The first-order valence-corrected chi connectivity index (χ1v) is 8.02. The molecule has 120 valence electrons. The van der Waals surface area contributed by atoms with Crippen molar-refractivity contribution in [3.8, 4) is 0 Å². The quantitative estimate of drug-likeness (QED) is 0.911. The van der Waals surface area contributed by atoms with Gasteiger partial charge in [-0.25, -0.2) is 4.39 Å². The van der Waals surface area contributed by atoms with Crippen LogP contribution in [0.25, 0.3) is 0 Å². The molecule has 1 aliphatic rings. The van der Waals surface area contributed by atoms with E-state index in [2.05, 4.69) is 23.2 Å². The zero-order valence-corrected chi connectivity index (χ0v) is 13.6. The third-order valence-electron chi connectivity index (χ3n) is 4.18. The molecule has 23 heavy (non-hydrogen) atoms. The fraction of sp³-hybridized carbons (Fsp3) is 0.278. The number of hydrogen-bond donors (Lipinski definition) is 1. The average Bonchev–Trinajstić information content (AvgIpc) is 2.54. The van der Waals surface area contributed by atoms with Gasteiger partial charge in [-0.15, -0.1) is 0 Å². The molecular formula is C18H18ClFN2O. The Labute approximate surface area is 140 Å². The third kappa shape index (κ3) is 3.48. The molecule has 1 unspecified atom stereocenters. The Morgan fingerprint density at radius 3 is 2.96 bits per heavy atom. The van der Waals surface area contributed by atoms with Gasteiger partial charge in [0.1, 0.15) is 5.82 Å². The van der Waals surface area contributed by atoms with Gasteiger partial charge in [0.2, 0.25) is 5.91 Å². The minimum Gasteiger partial charge on any atom is -0.359 e. The molecule has 0 fully saturated rings. The van der Waals surface area contributed by atoms with Gasteiger partial charge in [0, 0.05) is 16.8 Å². The van der Waals surface area contributed by atoms with Crippen molar-refractivity contribution in [2.45, 2.75) is 25.8 Å². The van der Waals surface area contributed by atoms with E-state index in [0.29, 0.717) is 5.02 Å². The molecule has 1 N–H and O–H groups in total. The van der Waals surface area contributed by atoms with E-state index in [0.717, 1.165) is 18.5 Å². The molecular weight excluding hydrogens is 315 g/mol. The van der Waals surface area contributed by atoms with Crippen LogP contribution in [0.3, 0.4) is 0 Å². The molecule has 0 aliphatic carbocycles. The van der Waals surface area contributed by atoms with Gasteiger partial charge >= 0.3 is 0 Å². The van der Waals surface area contributed by atoms with Crippen molar-refractivity contribution in [3.63, 3.8) is 0 Å². The second-order valence-electron chi connectivity index (χ2n) is 5.82. The molecule has 0 saturated carbocycles. The zero-order valence-electron chi connectivity index (χ0n) is 12.9. The summed E-state index contributed by atoms with van der Waals surface area (Å²) in [6.45, 7) is 2.29. The monoisotopic (exact) mass is 332 g/mol. The Balaban J connectivity index is 1.76. The SMILES string of the molecule is CC1CCc2ccccc2N1CC(=O)Nc1cc(Cl)ccc1F. The number of carbonyl (C=O) groups is 1. The molecule has 1 atom stereocenters. The number of halogens is 2. The lowest BCUT2D eigenvalue weighted by atomic mass is 9.96. The molecule has 3 rings (SSSR count). The van der Waals surface area contributed by atoms with Gasteiger partial charge in [0.15, 0.2) is 0 Å². The highest BCUT2D eigenvalue weighted by Crippen LogP contribution is 2.30. The highest BCUT2D eigenvalue weighted by Gasteiger charge is 2.24. The molecule has 1 heterocycles. The summed E-state index contributed by atoms with van der Waals surface area (Å²) < 4.78 is 13.7. The van der Waals surface area contributed by atoms with E-state index in [1.165, 1.54) is 23.8 Å². The van der Waals surface area contributed by atoms with Gasteiger partial charge in [-0.2, -0.15) is 0 Å². The molecule has 2 aromatic rings. The molecule has 1 aliphatic heterocycles. The fourth-order valence-electron chi connectivity index (χ4n) is 2.94. The minimum atomic E-state index is -0.491. The van der Waals surface area contributed by atoms with Crippen molar-refractivity contribution in [3.05, 3.63) is 58.9 Å². The summed E-state index contributed by atoms with van der Waals surface area (Å²) >= 11 is 5.85. The number of fused-ring (bicyclic) bond motifs is 1. The molecule has 0 saturated heterocycles. The summed E-state index contributed by atoms with van der Waals surface area (Å²) in [5.74, 6) is -0.746. The van der Waals surface area contributed by atoms with Gasteiger partial charge in [0.25, 0.3) is 0 Å². The number of amides is 1. The summed E-state index contributed by atoms with van der Waals surface area (Å²) in [6, 6.07) is 12.5. The Morgan fingerprint density at radius 2 is 2.13 bits per heavy atom. The number of hydrogen-bond acceptors (Lipinski definition) is 2. The molecule has 5 heteroatoms. The molecule has 2 aromatic carbocycles. The maximum Gasteiger partial charge on any atom is 0.243 e. The first-order valence-electron chi connectivity index (χ1n) is 7.64. The van der Waals surface area contributed by atoms with Crippen LogP contribution in [0.2, 0.25) is 5.02 Å². The largest absolute Gasteiger partial charge is 0.359 e. The number of carbonyl (C=O) groups excluding carboxylic acids is 1. The zero-order chi connectivity index (χ0) is 16.4. The number of anilines is 2. The van der Waals surface area contributed by atoms with Crippen LogP contribution in [0.4, 0.5) is 15.8 Å². The van der Waals surface area contributed by atoms with Gasteiger partial charge in [-0.3, -0.25) is 4.79 Å². The lowest BCUT2D eigenvalue weighted by Gasteiger charge is -2.36. The van der Waals surface area contributed by atoms with Crippen LogP contribution in [0.5, 0.6) is 0 Å². The Bertz CT molecular complexity index is 735. The maximum absolute atomic E-state index is 13.7. The molecule has 0 radical (unpaired) electrons. The van der Waals surface area contributed by atoms with E-state index >= 15 is 0 Å². The Hall–Kier alpha value is -2.07. The maximum atomic E-state index is 13.7. The lowest BCUT2D eigenvalue weighted by molar-refractivity contribution is -0.115. The number of benzene rings is 2. The van der Waals surface area contributed by atoms with Gasteiger partial charge in [-0.05, 0) is 49.6 Å². The first-order chi connectivity index (χ1) is 11.0. The summed E-state index contributed by atoms with van der Waals surface area (Å²) in [5, 5.41) is 3.00. The average molecular weight is 333 g/mol. The van der Waals surface area contributed by atoms with Gasteiger partial charge in [0.05, 0.1) is 12.2 Å². The number of nitrogens with zero attached hydrogens (tertiary/aromatic N) is 1. The van der Waals surface area contributed by atoms with E-state index < -0.39 is 5.82 Å². The topological polar surface area (TPSA) is 32.3 Å². The predicted molar refractivity (Wildman–Crippen MR) is 91.6 cm³/mol. The number of nitrogens with one attached hydrogen (secondary N) is 1. The number of rotatable bonds is 3. The van der Waals surface area contributed by atoms with Crippen LogP contribution in [0.1, 0.15) is 18.9 Å². The van der Waals surface area contributed by atoms with Crippen molar-refractivity contribution in [2.75, 3.05) is 16.8 Å². The highest BCUT2D eigenvalue weighted by molar-refractivity contribution is 6.30. The smallest absolute Gasteiger partial charge is 0.243 e. The summed E-state index contributed by atoms with van der Waals surface area (Å²) in [6.07, 6.45) is 2.01. The Kier molecular flexibility index (Phi) is 4.53. The van der Waals surface area contributed by atoms with Crippen molar-refractivity contribution in [2.24, 2.45) is 0 Å². The fourth-order valence-corrected chi connectivity index (χ4v) is 3.11. The molecule has 3 nitrogen and oxygen atoms in total. The van der Waals surface area contributed by atoms with E-state index in [1.807, 2.05) is 18.2 Å². The van der Waals surface area contributed by atoms with Gasteiger partial charge in [-0.1, -0.05) is 29.8 Å². The van der Waals surface area contributed by atoms with Crippen molar-refractivity contribution < 1.29 is 9.18 Å². The molecule has 0 aromatic heterocycles. The highest BCUT2D eigenvalue weighted by atomic mass is 35.5. The van der Waals surface area contributed by atoms with E-state index in [9.17, 15) is 9.18 Å². The molecule has 1 amide bonds. The summed E-state index contributed by atoms with van der Waals surface area (Å²) in [5.41, 5.74) is 2.43. The van der Waals surface area contributed by atoms with Crippen molar-refractivity contribution in [1.82, 2.24) is 0 Å². The molecule has 0 spiro atoms. The minimum absolute atomic E-state index is 0.112. The van der Waals surface area contributed by atoms with Gasteiger partial charge < -0.3 is 10.2 Å². The summed E-state index contributed by atoms with van der Waals surface area (Å²) in [4.78, 5) is 14.4. The predicted octanol–water partition coefficient (Wildman–Crippen LogP) is 4.26. The standard InChI is InChI=1S/C18H18ClFN2O/c1-12-6-7-13-4-2-3-5-17(13)22(12)11-18(23)21-16-10-14(19)8-9-15(16)20/h2-5,8-10,12H,6-7,11H2,1H3,(H,21,23). The normalized spacial score (nSPS) is 16.8. The van der Waals surface area contributed by atoms with E-state index in [-0.39, 0.29) is 24.2 Å². The number of aryl methyl sites for hydroxylation is 1. The summed E-state index contributed by atoms with van der Waals surface area (Å²) in [7, 11) is 0. The van der Waals surface area contributed by atoms with Crippen molar-refractivity contribution >= 4 is 28.9 Å². The van der Waals surface area contributed by atoms with Crippen molar-refractivity contribution in [1.29, 1.82) is 0 Å². The third-order valence-corrected chi connectivity index (χ3v) is 4.42.